The number of pyridine rings is 1. The largest absolute Gasteiger partial charge is 0.323 e. The molecule has 0 bridgehead atoms. The molecule has 0 saturated heterocycles. The summed E-state index contributed by atoms with van der Waals surface area (Å²) in [6.45, 7) is 2.00. The number of hydrogen-bond donors (Lipinski definition) is 2. The van der Waals surface area contributed by atoms with E-state index >= 15 is 0 Å². The molecule has 1 fully saturated rings. The van der Waals surface area contributed by atoms with Crippen LogP contribution in [0.5, 0.6) is 0 Å². The quantitative estimate of drug-likeness (QED) is 0.632. The molecule has 1 heterocycles. The van der Waals surface area contributed by atoms with Gasteiger partial charge < -0.3 is 5.43 Å². The van der Waals surface area contributed by atoms with Crippen LogP contribution in [0.3, 0.4) is 0 Å². The molecule has 100 valence electrons. The third-order valence-corrected chi connectivity index (χ3v) is 4.19. The van der Waals surface area contributed by atoms with Gasteiger partial charge in [-0.05, 0) is 49.4 Å². The fourth-order valence-electron chi connectivity index (χ4n) is 3.19. The average Bonchev–Trinajstić information content (AvgIpc) is 2.46. The SMILES string of the molecule is Cc1cc(NN)c2cc(C3CCCCC3)ccc2n1. The molecule has 1 aliphatic rings. The lowest BCUT2D eigenvalue weighted by atomic mass is 9.83. The molecule has 0 radical (unpaired) electrons. The average molecular weight is 255 g/mol. The van der Waals surface area contributed by atoms with Gasteiger partial charge >= 0.3 is 0 Å². The first-order valence-corrected chi connectivity index (χ1v) is 7.16. The molecule has 2 aromatic rings. The molecule has 0 aliphatic heterocycles. The van der Waals surface area contributed by atoms with E-state index in [4.69, 9.17) is 5.84 Å². The minimum Gasteiger partial charge on any atom is -0.323 e. The molecule has 1 aromatic heterocycles. The maximum absolute atomic E-state index is 5.64. The fraction of sp³-hybridized carbons (Fsp3) is 0.438. The van der Waals surface area contributed by atoms with Gasteiger partial charge in [-0.1, -0.05) is 25.3 Å². The van der Waals surface area contributed by atoms with Crippen molar-refractivity contribution in [3.8, 4) is 0 Å². The topological polar surface area (TPSA) is 50.9 Å². The van der Waals surface area contributed by atoms with Crippen LogP contribution in [0.25, 0.3) is 10.9 Å². The van der Waals surface area contributed by atoms with Crippen molar-refractivity contribution in [1.82, 2.24) is 4.98 Å². The standard InChI is InChI=1S/C16H21N3/c1-11-9-16(19-17)14-10-13(7-8-15(14)18-11)12-5-3-2-4-6-12/h7-10,12H,2-6,17H2,1H3,(H,18,19). The van der Waals surface area contributed by atoms with E-state index in [2.05, 4.69) is 28.6 Å². The number of nitrogens with one attached hydrogen (secondary N) is 1. The van der Waals surface area contributed by atoms with Gasteiger partial charge in [0.1, 0.15) is 0 Å². The summed E-state index contributed by atoms with van der Waals surface area (Å²) in [6.07, 6.45) is 6.74. The normalized spacial score (nSPS) is 16.7. The second kappa shape index (κ2) is 5.17. The molecule has 3 N–H and O–H groups in total. The van der Waals surface area contributed by atoms with Crippen molar-refractivity contribution in [3.63, 3.8) is 0 Å². The molecule has 1 aliphatic carbocycles. The Morgan fingerprint density at radius 3 is 2.68 bits per heavy atom. The number of fused-ring (bicyclic) bond motifs is 1. The number of rotatable bonds is 2. The number of hydrogen-bond acceptors (Lipinski definition) is 3. The van der Waals surface area contributed by atoms with E-state index < -0.39 is 0 Å². The Bertz CT molecular complexity index is 586. The lowest BCUT2D eigenvalue weighted by Gasteiger charge is -2.22. The third kappa shape index (κ3) is 2.43. The number of nitrogen functional groups attached to an aromatic ring is 1. The van der Waals surface area contributed by atoms with E-state index in [0.29, 0.717) is 5.92 Å². The molecule has 3 nitrogen and oxygen atoms in total. The minimum absolute atomic E-state index is 0.713. The van der Waals surface area contributed by atoms with E-state index in [1.165, 1.54) is 37.7 Å². The maximum atomic E-state index is 5.64. The Morgan fingerprint density at radius 2 is 1.95 bits per heavy atom. The number of benzene rings is 1. The van der Waals surface area contributed by atoms with E-state index in [1.807, 2.05) is 13.0 Å². The molecule has 0 atom stereocenters. The predicted molar refractivity (Wildman–Crippen MR) is 80.1 cm³/mol. The van der Waals surface area contributed by atoms with Crippen LogP contribution in [0.4, 0.5) is 5.69 Å². The summed E-state index contributed by atoms with van der Waals surface area (Å²) in [5.74, 6) is 6.35. The Morgan fingerprint density at radius 1 is 1.16 bits per heavy atom. The first kappa shape index (κ1) is 12.4. The van der Waals surface area contributed by atoms with Gasteiger partial charge in [0, 0.05) is 11.1 Å². The van der Waals surface area contributed by atoms with Crippen LogP contribution in [-0.4, -0.2) is 4.98 Å². The fourth-order valence-corrected chi connectivity index (χ4v) is 3.19. The summed E-state index contributed by atoms with van der Waals surface area (Å²) in [7, 11) is 0. The number of nitrogens with two attached hydrogens (primary N) is 1. The zero-order valence-corrected chi connectivity index (χ0v) is 11.4. The summed E-state index contributed by atoms with van der Waals surface area (Å²) in [4.78, 5) is 4.57. The van der Waals surface area contributed by atoms with Crippen LogP contribution >= 0.6 is 0 Å². The molecule has 3 heteroatoms. The Hall–Kier alpha value is -1.61. The van der Waals surface area contributed by atoms with Crippen molar-refractivity contribution in [1.29, 1.82) is 0 Å². The Kier molecular flexibility index (Phi) is 3.38. The summed E-state index contributed by atoms with van der Waals surface area (Å²) in [5.41, 5.74) is 7.22. The third-order valence-electron chi connectivity index (χ3n) is 4.19. The second-order valence-electron chi connectivity index (χ2n) is 5.57. The summed E-state index contributed by atoms with van der Waals surface area (Å²) >= 11 is 0. The highest BCUT2D eigenvalue weighted by Crippen LogP contribution is 2.35. The molecule has 3 rings (SSSR count). The van der Waals surface area contributed by atoms with Gasteiger partial charge in [0.2, 0.25) is 0 Å². The second-order valence-corrected chi connectivity index (χ2v) is 5.57. The molecule has 19 heavy (non-hydrogen) atoms. The van der Waals surface area contributed by atoms with Crippen LogP contribution in [-0.2, 0) is 0 Å². The summed E-state index contributed by atoms with van der Waals surface area (Å²) in [6, 6.07) is 8.65. The Labute approximate surface area is 114 Å². The van der Waals surface area contributed by atoms with Gasteiger partial charge in [0.05, 0.1) is 11.2 Å². The van der Waals surface area contributed by atoms with Gasteiger partial charge in [-0.25, -0.2) is 0 Å². The van der Waals surface area contributed by atoms with Crippen LogP contribution in [0.1, 0.15) is 49.3 Å². The number of nitrogens with zero attached hydrogens (tertiary/aromatic N) is 1. The summed E-state index contributed by atoms with van der Waals surface area (Å²) < 4.78 is 0. The van der Waals surface area contributed by atoms with Gasteiger partial charge in [-0.2, -0.15) is 0 Å². The highest BCUT2D eigenvalue weighted by atomic mass is 15.2. The number of anilines is 1. The van der Waals surface area contributed by atoms with Crippen molar-refractivity contribution >= 4 is 16.6 Å². The van der Waals surface area contributed by atoms with Crippen molar-refractivity contribution in [3.05, 3.63) is 35.5 Å². The Balaban J connectivity index is 2.06. The smallest absolute Gasteiger partial charge is 0.0726 e. The highest BCUT2D eigenvalue weighted by Gasteiger charge is 2.16. The van der Waals surface area contributed by atoms with E-state index in [0.717, 1.165) is 22.3 Å². The van der Waals surface area contributed by atoms with E-state index in [9.17, 15) is 0 Å². The van der Waals surface area contributed by atoms with Gasteiger partial charge in [-0.15, -0.1) is 0 Å². The number of aromatic nitrogens is 1. The van der Waals surface area contributed by atoms with Gasteiger partial charge in [0.25, 0.3) is 0 Å². The molecule has 1 saturated carbocycles. The minimum atomic E-state index is 0.713. The zero-order valence-electron chi connectivity index (χ0n) is 11.4. The molecular weight excluding hydrogens is 234 g/mol. The van der Waals surface area contributed by atoms with Crippen LogP contribution < -0.4 is 11.3 Å². The lowest BCUT2D eigenvalue weighted by molar-refractivity contribution is 0.444. The van der Waals surface area contributed by atoms with E-state index in [1.54, 1.807) is 0 Å². The van der Waals surface area contributed by atoms with E-state index in [-0.39, 0.29) is 0 Å². The van der Waals surface area contributed by atoms with Crippen molar-refractivity contribution in [2.75, 3.05) is 5.43 Å². The zero-order chi connectivity index (χ0) is 13.2. The first-order valence-electron chi connectivity index (χ1n) is 7.16. The molecule has 0 amide bonds. The van der Waals surface area contributed by atoms with Gasteiger partial charge in [0.15, 0.2) is 0 Å². The van der Waals surface area contributed by atoms with Gasteiger partial charge in [-0.3, -0.25) is 10.8 Å². The molecule has 1 aromatic carbocycles. The van der Waals surface area contributed by atoms with Crippen LogP contribution in [0.2, 0.25) is 0 Å². The molecular formula is C16H21N3. The lowest BCUT2D eigenvalue weighted by Crippen LogP contribution is -2.09. The highest BCUT2D eigenvalue weighted by molar-refractivity contribution is 5.91. The number of hydrazine groups is 1. The first-order chi connectivity index (χ1) is 9.28. The van der Waals surface area contributed by atoms with Crippen LogP contribution in [0.15, 0.2) is 24.3 Å². The van der Waals surface area contributed by atoms with Crippen molar-refractivity contribution in [2.45, 2.75) is 44.9 Å². The molecule has 0 spiro atoms. The van der Waals surface area contributed by atoms with Crippen molar-refractivity contribution in [2.24, 2.45) is 5.84 Å². The molecule has 0 unspecified atom stereocenters. The predicted octanol–water partition coefficient (Wildman–Crippen LogP) is 3.88. The summed E-state index contributed by atoms with van der Waals surface area (Å²) in [5, 5.41) is 1.14. The van der Waals surface area contributed by atoms with Crippen molar-refractivity contribution < 1.29 is 0 Å². The maximum Gasteiger partial charge on any atom is 0.0726 e. The monoisotopic (exact) mass is 255 g/mol. The van der Waals surface area contributed by atoms with Crippen LogP contribution in [0, 0.1) is 6.92 Å². The number of aryl methyl sites for hydroxylation is 1.